The second-order valence-corrected chi connectivity index (χ2v) is 4.06. The number of nitrogens with two attached hydrogens (primary N) is 1. The van der Waals surface area contributed by atoms with Gasteiger partial charge in [0.2, 0.25) is 0 Å². The van der Waals surface area contributed by atoms with Gasteiger partial charge in [0.15, 0.2) is 0 Å². The van der Waals surface area contributed by atoms with Crippen LogP contribution in [0.4, 0.5) is 13.2 Å². The van der Waals surface area contributed by atoms with Crippen LogP contribution < -0.4 is 5.73 Å². The minimum atomic E-state index is -4.30. The number of nitrogens with zero attached hydrogens (tertiary/aromatic N) is 2. The molecule has 0 saturated carbocycles. The summed E-state index contributed by atoms with van der Waals surface area (Å²) in [5.74, 6) is 0. The lowest BCUT2D eigenvalue weighted by Gasteiger charge is -2.08. The number of rotatable bonds is 5. The van der Waals surface area contributed by atoms with Gasteiger partial charge in [0.05, 0.1) is 24.4 Å². The van der Waals surface area contributed by atoms with Crippen LogP contribution in [0.2, 0.25) is 0 Å². The third-order valence-corrected chi connectivity index (χ3v) is 2.64. The highest BCUT2D eigenvalue weighted by Gasteiger charge is 2.27. The Morgan fingerprint density at radius 1 is 1.26 bits per heavy atom. The van der Waals surface area contributed by atoms with Gasteiger partial charge in [-0.25, -0.2) is 0 Å². The second kappa shape index (κ2) is 5.58. The molecule has 7 heteroatoms. The Hall–Kier alpha value is -1.60. The summed E-state index contributed by atoms with van der Waals surface area (Å²) >= 11 is 0. The summed E-state index contributed by atoms with van der Waals surface area (Å²) < 4.78 is 42.0. The largest absolute Gasteiger partial charge is 0.411 e. The summed E-state index contributed by atoms with van der Waals surface area (Å²) in [4.78, 5) is 0. The van der Waals surface area contributed by atoms with Crippen molar-refractivity contribution in [1.29, 1.82) is 0 Å². The summed E-state index contributed by atoms with van der Waals surface area (Å²) in [7, 11) is 0. The molecule has 1 heterocycles. The molecule has 104 valence electrons. The maximum absolute atomic E-state index is 11.9. The van der Waals surface area contributed by atoms with Crippen molar-refractivity contribution in [1.82, 2.24) is 9.78 Å². The Morgan fingerprint density at radius 3 is 2.68 bits per heavy atom. The van der Waals surface area contributed by atoms with Crippen molar-refractivity contribution in [3.8, 4) is 0 Å². The maximum atomic E-state index is 11.9. The van der Waals surface area contributed by atoms with E-state index in [0.29, 0.717) is 0 Å². The zero-order valence-corrected chi connectivity index (χ0v) is 10.2. The fourth-order valence-corrected chi connectivity index (χ4v) is 1.86. The number of halogens is 3. The van der Waals surface area contributed by atoms with Crippen LogP contribution in [0.25, 0.3) is 10.9 Å². The molecule has 2 aromatic rings. The van der Waals surface area contributed by atoms with Gasteiger partial charge in [-0.1, -0.05) is 18.2 Å². The standard InChI is InChI=1S/C12H14F3N3O/c13-12(14,15)8-19-6-5-18-11-4-2-1-3-9(11)10(7-16)17-18/h1-4H,5-8,16H2. The molecule has 0 atom stereocenters. The topological polar surface area (TPSA) is 53.1 Å². The number of benzene rings is 1. The molecule has 0 amide bonds. The van der Waals surface area contributed by atoms with Crippen LogP contribution in [0.15, 0.2) is 24.3 Å². The Kier molecular flexibility index (Phi) is 4.06. The second-order valence-electron chi connectivity index (χ2n) is 4.06. The van der Waals surface area contributed by atoms with E-state index < -0.39 is 12.8 Å². The minimum Gasteiger partial charge on any atom is -0.370 e. The van der Waals surface area contributed by atoms with E-state index in [1.54, 1.807) is 4.68 Å². The molecule has 2 rings (SSSR count). The van der Waals surface area contributed by atoms with Crippen molar-refractivity contribution < 1.29 is 17.9 Å². The molecule has 1 aromatic heterocycles. The molecule has 0 unspecified atom stereocenters. The van der Waals surface area contributed by atoms with Crippen molar-refractivity contribution in [2.24, 2.45) is 5.73 Å². The number of hydrogen-bond acceptors (Lipinski definition) is 3. The van der Waals surface area contributed by atoms with Crippen molar-refractivity contribution in [2.75, 3.05) is 13.2 Å². The highest BCUT2D eigenvalue weighted by Crippen LogP contribution is 2.18. The Morgan fingerprint density at radius 2 is 2.00 bits per heavy atom. The predicted octanol–water partition coefficient (Wildman–Crippen LogP) is 2.07. The summed E-state index contributed by atoms with van der Waals surface area (Å²) in [6, 6.07) is 7.45. The van der Waals surface area contributed by atoms with Gasteiger partial charge >= 0.3 is 6.18 Å². The first-order valence-electron chi connectivity index (χ1n) is 5.80. The molecule has 0 bridgehead atoms. The number of aromatic nitrogens is 2. The normalized spacial score (nSPS) is 12.2. The van der Waals surface area contributed by atoms with E-state index in [1.165, 1.54) is 0 Å². The Balaban J connectivity index is 2.05. The summed E-state index contributed by atoms with van der Waals surface area (Å²) in [5.41, 5.74) is 7.16. The van der Waals surface area contributed by atoms with Crippen LogP contribution in [0.3, 0.4) is 0 Å². The monoisotopic (exact) mass is 273 g/mol. The number of alkyl halides is 3. The van der Waals surface area contributed by atoms with Crippen LogP contribution in [-0.4, -0.2) is 29.2 Å². The fourth-order valence-electron chi connectivity index (χ4n) is 1.86. The number of para-hydroxylation sites is 1. The van der Waals surface area contributed by atoms with Gasteiger partial charge < -0.3 is 10.5 Å². The van der Waals surface area contributed by atoms with E-state index in [2.05, 4.69) is 9.84 Å². The van der Waals surface area contributed by atoms with Crippen molar-refractivity contribution in [3.05, 3.63) is 30.0 Å². The van der Waals surface area contributed by atoms with Gasteiger partial charge in [-0.05, 0) is 6.07 Å². The first-order valence-corrected chi connectivity index (χ1v) is 5.80. The van der Waals surface area contributed by atoms with Gasteiger partial charge in [0.25, 0.3) is 0 Å². The quantitative estimate of drug-likeness (QED) is 0.848. The number of ether oxygens (including phenoxy) is 1. The molecule has 19 heavy (non-hydrogen) atoms. The lowest BCUT2D eigenvalue weighted by Crippen LogP contribution is -2.19. The number of fused-ring (bicyclic) bond motifs is 1. The van der Waals surface area contributed by atoms with E-state index in [-0.39, 0.29) is 19.7 Å². The minimum absolute atomic E-state index is 0.0464. The van der Waals surface area contributed by atoms with Crippen LogP contribution >= 0.6 is 0 Å². The molecular formula is C12H14F3N3O. The SMILES string of the molecule is NCc1nn(CCOCC(F)(F)F)c2ccccc12. The molecule has 2 N–H and O–H groups in total. The lowest BCUT2D eigenvalue weighted by atomic mass is 10.2. The molecule has 0 aliphatic heterocycles. The molecule has 0 spiro atoms. The fraction of sp³-hybridized carbons (Fsp3) is 0.417. The van der Waals surface area contributed by atoms with Crippen LogP contribution in [0.1, 0.15) is 5.69 Å². The lowest BCUT2D eigenvalue weighted by molar-refractivity contribution is -0.174. The van der Waals surface area contributed by atoms with Crippen molar-refractivity contribution in [2.45, 2.75) is 19.3 Å². The van der Waals surface area contributed by atoms with Gasteiger partial charge in [0.1, 0.15) is 6.61 Å². The smallest absolute Gasteiger partial charge is 0.370 e. The predicted molar refractivity (Wildman–Crippen MR) is 64.5 cm³/mol. The highest BCUT2D eigenvalue weighted by molar-refractivity contribution is 5.81. The van der Waals surface area contributed by atoms with E-state index in [4.69, 9.17) is 5.73 Å². The van der Waals surface area contributed by atoms with Crippen LogP contribution in [-0.2, 0) is 17.8 Å². The van der Waals surface area contributed by atoms with Crippen LogP contribution in [0.5, 0.6) is 0 Å². The van der Waals surface area contributed by atoms with E-state index in [1.807, 2.05) is 24.3 Å². The highest BCUT2D eigenvalue weighted by atomic mass is 19.4. The average molecular weight is 273 g/mol. The molecule has 0 fully saturated rings. The molecule has 4 nitrogen and oxygen atoms in total. The van der Waals surface area contributed by atoms with Crippen LogP contribution in [0, 0.1) is 0 Å². The summed E-state index contributed by atoms with van der Waals surface area (Å²) in [6.45, 7) is -0.737. The first kappa shape index (κ1) is 13.8. The van der Waals surface area contributed by atoms with Gasteiger partial charge in [-0.2, -0.15) is 18.3 Å². The van der Waals surface area contributed by atoms with Crippen molar-refractivity contribution >= 4 is 10.9 Å². The summed E-state index contributed by atoms with van der Waals surface area (Å²) in [6.07, 6.45) is -4.30. The molecular weight excluding hydrogens is 259 g/mol. The van der Waals surface area contributed by atoms with Gasteiger partial charge in [-0.3, -0.25) is 4.68 Å². The first-order chi connectivity index (χ1) is 9.01. The molecule has 0 saturated heterocycles. The third kappa shape index (κ3) is 3.45. The zero-order valence-electron chi connectivity index (χ0n) is 10.2. The number of hydrogen-bond donors (Lipinski definition) is 1. The van der Waals surface area contributed by atoms with Crippen molar-refractivity contribution in [3.63, 3.8) is 0 Å². The maximum Gasteiger partial charge on any atom is 0.411 e. The Bertz CT molecular complexity index is 551. The van der Waals surface area contributed by atoms with E-state index in [9.17, 15) is 13.2 Å². The van der Waals surface area contributed by atoms with E-state index in [0.717, 1.165) is 16.6 Å². The molecule has 1 aromatic carbocycles. The molecule has 0 aliphatic carbocycles. The third-order valence-electron chi connectivity index (χ3n) is 2.64. The van der Waals surface area contributed by atoms with Gasteiger partial charge in [-0.15, -0.1) is 0 Å². The van der Waals surface area contributed by atoms with Gasteiger partial charge in [0, 0.05) is 11.9 Å². The van der Waals surface area contributed by atoms with E-state index >= 15 is 0 Å². The zero-order chi connectivity index (χ0) is 13.9. The average Bonchev–Trinajstić information content (AvgIpc) is 2.72. The molecule has 0 aliphatic rings. The summed E-state index contributed by atoms with van der Waals surface area (Å²) in [5, 5.41) is 5.19. The Labute approximate surface area is 107 Å². The molecule has 0 radical (unpaired) electrons.